The van der Waals surface area contributed by atoms with E-state index in [2.05, 4.69) is 15.4 Å². The lowest BCUT2D eigenvalue weighted by Crippen LogP contribution is -2.55. The van der Waals surface area contributed by atoms with Gasteiger partial charge < -0.3 is 29.7 Å². The molecule has 0 amide bonds. The first-order chi connectivity index (χ1) is 22.2. The number of fused-ring (bicyclic) bond motifs is 1. The zero-order chi connectivity index (χ0) is 33.0. The van der Waals surface area contributed by atoms with E-state index in [0.29, 0.717) is 22.8 Å². The molecule has 2 heterocycles. The number of aliphatic hydroxyl groups is 2. The minimum Gasteiger partial charge on any atom is -0.497 e. The van der Waals surface area contributed by atoms with Crippen LogP contribution in [0.3, 0.4) is 0 Å². The number of halogens is 1. The molecule has 0 bridgehead atoms. The van der Waals surface area contributed by atoms with Gasteiger partial charge in [0.25, 0.3) is 0 Å². The van der Waals surface area contributed by atoms with Crippen LogP contribution in [0.25, 0.3) is 5.52 Å². The summed E-state index contributed by atoms with van der Waals surface area (Å²) < 4.78 is 34.3. The van der Waals surface area contributed by atoms with Gasteiger partial charge in [0.2, 0.25) is 5.60 Å². The molecule has 46 heavy (non-hydrogen) atoms. The standard InChI is InChI=1S/C35H36FN5O5/c1-33(36,31(43)20-21-42)34(22-37,46-4)30-19-18-29-32(38-23-39-41(29)30)40-35(24-8-6-5-7-9-24,25-10-14-27(44-2)15-11-25)26-12-16-28(45-3)17-13-26/h5-19,23,31,42-43H,20-21H2,1-4H3,(H,38,39,40)/t31-,33-,34+/m1/s1. The molecule has 3 atom stereocenters. The molecule has 10 nitrogen and oxygen atoms in total. The fourth-order valence-electron chi connectivity index (χ4n) is 5.96. The van der Waals surface area contributed by atoms with Gasteiger partial charge in [0, 0.05) is 13.7 Å². The normalized spacial score (nSPS) is 14.9. The Kier molecular flexibility index (Phi) is 9.25. The van der Waals surface area contributed by atoms with Gasteiger partial charge in [-0.05, 0) is 66.4 Å². The van der Waals surface area contributed by atoms with Crippen LogP contribution < -0.4 is 14.8 Å². The number of anilines is 1. The van der Waals surface area contributed by atoms with E-state index >= 15 is 4.39 Å². The number of methoxy groups -OCH3 is 3. The highest BCUT2D eigenvalue weighted by Crippen LogP contribution is 2.45. The number of nitrogens with zero attached hydrogens (tertiary/aromatic N) is 4. The summed E-state index contributed by atoms with van der Waals surface area (Å²) in [6, 6.07) is 30.3. The molecule has 0 radical (unpaired) electrons. The van der Waals surface area contributed by atoms with Crippen LogP contribution in [0, 0.1) is 11.3 Å². The Balaban J connectivity index is 1.76. The van der Waals surface area contributed by atoms with Crippen molar-refractivity contribution in [3.05, 3.63) is 120 Å². The Bertz CT molecular complexity index is 1760. The van der Waals surface area contributed by atoms with Crippen molar-refractivity contribution < 1.29 is 28.8 Å². The van der Waals surface area contributed by atoms with E-state index in [0.717, 1.165) is 23.6 Å². The zero-order valence-electron chi connectivity index (χ0n) is 26.0. The predicted molar refractivity (Wildman–Crippen MR) is 170 cm³/mol. The number of ether oxygens (including phenoxy) is 3. The van der Waals surface area contributed by atoms with Crippen molar-refractivity contribution in [2.45, 2.75) is 36.3 Å². The van der Waals surface area contributed by atoms with Gasteiger partial charge >= 0.3 is 0 Å². The molecule has 0 spiro atoms. The van der Waals surface area contributed by atoms with Crippen LogP contribution in [-0.2, 0) is 15.9 Å². The Morgan fingerprint density at radius 2 is 1.46 bits per heavy atom. The molecule has 5 aromatic rings. The van der Waals surface area contributed by atoms with Gasteiger partial charge in [-0.1, -0.05) is 54.6 Å². The number of rotatable bonds is 13. The first-order valence-corrected chi connectivity index (χ1v) is 14.6. The van der Waals surface area contributed by atoms with Crippen molar-refractivity contribution in [2.24, 2.45) is 0 Å². The maximum Gasteiger partial charge on any atom is 0.232 e. The van der Waals surface area contributed by atoms with Crippen LogP contribution in [0.1, 0.15) is 35.7 Å². The quantitative estimate of drug-likeness (QED) is 0.155. The molecule has 0 aliphatic heterocycles. The van der Waals surface area contributed by atoms with Crippen LogP contribution in [0.15, 0.2) is 97.3 Å². The molecule has 3 aromatic carbocycles. The molecular formula is C35H36FN5O5. The van der Waals surface area contributed by atoms with Gasteiger partial charge in [-0.15, -0.1) is 0 Å². The molecule has 0 aliphatic rings. The van der Waals surface area contributed by atoms with Crippen molar-refractivity contribution in [2.75, 3.05) is 33.3 Å². The number of alkyl halides is 1. The summed E-state index contributed by atoms with van der Waals surface area (Å²) in [4.78, 5) is 4.62. The van der Waals surface area contributed by atoms with Gasteiger partial charge in [0.05, 0.1) is 26.0 Å². The lowest BCUT2D eigenvalue weighted by Gasteiger charge is -2.39. The Hall–Kier alpha value is -5.02. The van der Waals surface area contributed by atoms with Crippen molar-refractivity contribution in [1.29, 1.82) is 5.26 Å². The summed E-state index contributed by atoms with van der Waals surface area (Å²) in [6.07, 6.45) is -0.708. The Morgan fingerprint density at radius 1 is 0.891 bits per heavy atom. The molecule has 2 aromatic heterocycles. The van der Waals surface area contributed by atoms with Gasteiger partial charge in [-0.25, -0.2) is 13.9 Å². The first kappa shape index (κ1) is 32.4. The Labute approximate surface area is 266 Å². The van der Waals surface area contributed by atoms with Crippen LogP contribution in [-0.4, -0.2) is 64.5 Å². The molecule has 11 heteroatoms. The van der Waals surface area contributed by atoms with Gasteiger partial charge in [0.1, 0.15) is 35.0 Å². The highest BCUT2D eigenvalue weighted by Gasteiger charge is 2.58. The van der Waals surface area contributed by atoms with E-state index in [9.17, 15) is 15.5 Å². The second-order valence-electron chi connectivity index (χ2n) is 10.9. The van der Waals surface area contributed by atoms with E-state index in [4.69, 9.17) is 14.2 Å². The maximum atomic E-state index is 16.4. The van der Waals surface area contributed by atoms with E-state index in [-0.39, 0.29) is 12.1 Å². The fraction of sp³-hybridized carbons (Fsp3) is 0.286. The van der Waals surface area contributed by atoms with Crippen LogP contribution in [0.5, 0.6) is 11.5 Å². The second kappa shape index (κ2) is 13.1. The number of hydrogen-bond acceptors (Lipinski definition) is 9. The zero-order valence-corrected chi connectivity index (χ0v) is 26.0. The molecule has 0 unspecified atom stereocenters. The lowest BCUT2D eigenvalue weighted by molar-refractivity contribution is -0.147. The summed E-state index contributed by atoms with van der Waals surface area (Å²) in [6.45, 7) is 0.600. The van der Waals surface area contributed by atoms with Gasteiger partial charge in [0.15, 0.2) is 11.5 Å². The number of nitriles is 1. The third kappa shape index (κ3) is 5.30. The predicted octanol–water partition coefficient (Wildman–Crippen LogP) is 4.99. The van der Waals surface area contributed by atoms with Crippen LogP contribution in [0.4, 0.5) is 10.2 Å². The third-order valence-corrected chi connectivity index (χ3v) is 8.55. The third-order valence-electron chi connectivity index (χ3n) is 8.55. The number of benzene rings is 3. The average molecular weight is 626 g/mol. The second-order valence-corrected chi connectivity index (χ2v) is 10.9. The van der Waals surface area contributed by atoms with Crippen molar-refractivity contribution >= 4 is 11.3 Å². The molecule has 0 fully saturated rings. The Morgan fingerprint density at radius 3 is 1.96 bits per heavy atom. The van der Waals surface area contributed by atoms with E-state index in [1.807, 2.05) is 84.9 Å². The monoisotopic (exact) mass is 625 g/mol. The maximum absolute atomic E-state index is 16.4. The molecule has 0 aliphatic carbocycles. The summed E-state index contributed by atoms with van der Waals surface area (Å²) in [5.74, 6) is 1.74. The highest BCUT2D eigenvalue weighted by molar-refractivity contribution is 5.72. The number of hydrogen-bond donors (Lipinski definition) is 3. The van der Waals surface area contributed by atoms with Gasteiger partial charge in [-0.3, -0.25) is 0 Å². The fourth-order valence-corrected chi connectivity index (χ4v) is 5.96. The number of aromatic nitrogens is 3. The topological polar surface area (TPSA) is 134 Å². The largest absolute Gasteiger partial charge is 0.497 e. The number of nitrogens with one attached hydrogen (secondary N) is 1. The smallest absolute Gasteiger partial charge is 0.232 e. The molecule has 5 rings (SSSR count). The minimum atomic E-state index is -2.63. The highest BCUT2D eigenvalue weighted by atomic mass is 19.1. The van der Waals surface area contributed by atoms with E-state index in [1.54, 1.807) is 20.3 Å². The number of aliphatic hydroxyl groups excluding tert-OH is 2. The van der Waals surface area contributed by atoms with Crippen molar-refractivity contribution in [3.8, 4) is 17.6 Å². The van der Waals surface area contributed by atoms with E-state index in [1.165, 1.54) is 24.0 Å². The van der Waals surface area contributed by atoms with Gasteiger partial charge in [-0.2, -0.15) is 10.4 Å². The summed E-state index contributed by atoms with van der Waals surface area (Å²) in [5.41, 5.74) is -2.88. The summed E-state index contributed by atoms with van der Waals surface area (Å²) in [7, 11) is 4.41. The lowest BCUT2D eigenvalue weighted by atomic mass is 9.77. The van der Waals surface area contributed by atoms with Crippen LogP contribution in [0.2, 0.25) is 0 Å². The van der Waals surface area contributed by atoms with Crippen LogP contribution >= 0.6 is 0 Å². The first-order valence-electron chi connectivity index (χ1n) is 14.6. The molecular weight excluding hydrogens is 589 g/mol. The average Bonchev–Trinajstić information content (AvgIpc) is 3.54. The molecule has 3 N–H and O–H groups in total. The van der Waals surface area contributed by atoms with Crippen molar-refractivity contribution in [1.82, 2.24) is 14.6 Å². The molecule has 0 saturated carbocycles. The van der Waals surface area contributed by atoms with E-state index < -0.39 is 29.5 Å². The minimum absolute atomic E-state index is 0.0409. The SMILES string of the molecule is COc1ccc(C(Nc2ncnn3c([C@](C#N)(OC)[C@](C)(F)[C@H](O)CCO)ccc23)(c2ccccc2)c2ccc(OC)cc2)cc1. The summed E-state index contributed by atoms with van der Waals surface area (Å²) >= 11 is 0. The van der Waals surface area contributed by atoms with Crippen molar-refractivity contribution in [3.63, 3.8) is 0 Å². The molecule has 238 valence electrons. The molecule has 0 saturated heterocycles. The summed E-state index contributed by atoms with van der Waals surface area (Å²) in [5, 5.41) is 38.5.